The third-order valence-corrected chi connectivity index (χ3v) is 5.99. The Morgan fingerprint density at radius 2 is 1.63 bits per heavy atom. The second kappa shape index (κ2) is 7.91. The summed E-state index contributed by atoms with van der Waals surface area (Å²) in [5, 5.41) is 11.5. The molecule has 2 heterocycles. The minimum atomic E-state index is -0.493. The van der Waals surface area contributed by atoms with Gasteiger partial charge in [-0.15, -0.1) is 0 Å². The van der Waals surface area contributed by atoms with Gasteiger partial charge in [0, 0.05) is 30.2 Å². The zero-order chi connectivity index (χ0) is 21.4. The van der Waals surface area contributed by atoms with Gasteiger partial charge < -0.3 is 4.90 Å². The number of carbonyl (C=O) groups excluding carboxylic acids is 2. The first-order valence-corrected chi connectivity index (χ1v) is 10.2. The van der Waals surface area contributed by atoms with Crippen LogP contribution in [-0.2, 0) is 9.59 Å². The van der Waals surface area contributed by atoms with Gasteiger partial charge in [-0.2, -0.15) is 0 Å². The summed E-state index contributed by atoms with van der Waals surface area (Å²) in [6, 6.07) is 10.9. The summed E-state index contributed by atoms with van der Waals surface area (Å²) in [7, 11) is 0. The highest BCUT2D eigenvalue weighted by molar-refractivity contribution is 6.46. The summed E-state index contributed by atoms with van der Waals surface area (Å²) in [6.45, 7) is 3.14. The van der Waals surface area contributed by atoms with Crippen molar-refractivity contribution in [2.45, 2.75) is 26.2 Å². The van der Waals surface area contributed by atoms with Crippen LogP contribution in [0.5, 0.6) is 0 Å². The first kappa shape index (κ1) is 20.1. The smallest absolute Gasteiger partial charge is 0.282 e. The molecule has 7 nitrogen and oxygen atoms in total. The van der Waals surface area contributed by atoms with Crippen molar-refractivity contribution in [3.63, 3.8) is 0 Å². The first-order chi connectivity index (χ1) is 14.4. The lowest BCUT2D eigenvalue weighted by molar-refractivity contribution is -0.384. The molecule has 0 aromatic heterocycles. The van der Waals surface area contributed by atoms with Crippen LogP contribution < -0.4 is 4.90 Å². The topological polar surface area (TPSA) is 83.8 Å². The van der Waals surface area contributed by atoms with Crippen LogP contribution >= 0.6 is 11.6 Å². The SMILES string of the molecule is Cc1c(Cl)cccc1N1C(=O)C(c2ccc([N+](=O)[O-])cc2)=C(N2CCCCC2)C1=O. The molecule has 2 aliphatic rings. The molecule has 0 radical (unpaired) electrons. The van der Waals surface area contributed by atoms with E-state index in [1.165, 1.54) is 29.2 Å². The van der Waals surface area contributed by atoms with Crippen molar-refractivity contribution in [2.75, 3.05) is 18.0 Å². The average Bonchev–Trinajstić information content (AvgIpc) is 3.01. The Morgan fingerprint density at radius 3 is 2.27 bits per heavy atom. The number of benzene rings is 2. The number of nitro groups is 1. The number of likely N-dealkylation sites (tertiary alicyclic amines) is 1. The predicted octanol–water partition coefficient (Wildman–Crippen LogP) is 4.33. The molecule has 0 bridgehead atoms. The van der Waals surface area contributed by atoms with Gasteiger partial charge in [-0.25, -0.2) is 4.90 Å². The van der Waals surface area contributed by atoms with Gasteiger partial charge in [-0.3, -0.25) is 19.7 Å². The van der Waals surface area contributed by atoms with Crippen LogP contribution in [0.3, 0.4) is 0 Å². The second-order valence-corrected chi connectivity index (χ2v) is 7.81. The van der Waals surface area contributed by atoms with Crippen LogP contribution in [-0.4, -0.2) is 34.7 Å². The molecule has 0 N–H and O–H groups in total. The van der Waals surface area contributed by atoms with Crippen molar-refractivity contribution in [1.29, 1.82) is 0 Å². The lowest BCUT2D eigenvalue weighted by Crippen LogP contribution is -2.37. The Bertz CT molecular complexity index is 1070. The zero-order valence-corrected chi connectivity index (χ0v) is 17.2. The molecule has 0 aliphatic carbocycles. The zero-order valence-electron chi connectivity index (χ0n) is 16.4. The summed E-state index contributed by atoms with van der Waals surface area (Å²) in [5.74, 6) is -0.833. The van der Waals surface area contributed by atoms with Crippen LogP contribution in [0.1, 0.15) is 30.4 Å². The molecule has 0 spiro atoms. The Hall–Kier alpha value is -3.19. The van der Waals surface area contributed by atoms with Gasteiger partial charge >= 0.3 is 0 Å². The molecular formula is C22H20ClN3O4. The van der Waals surface area contributed by atoms with Crippen LogP contribution in [0.4, 0.5) is 11.4 Å². The summed E-state index contributed by atoms with van der Waals surface area (Å²) < 4.78 is 0. The van der Waals surface area contributed by atoms with Gasteiger partial charge in [0.1, 0.15) is 5.70 Å². The number of halogens is 1. The number of amides is 2. The van der Waals surface area contributed by atoms with Crippen molar-refractivity contribution in [1.82, 2.24) is 4.90 Å². The van der Waals surface area contributed by atoms with E-state index < -0.39 is 10.8 Å². The van der Waals surface area contributed by atoms with Gasteiger partial charge in [0.2, 0.25) is 0 Å². The highest BCUT2D eigenvalue weighted by Gasteiger charge is 2.43. The lowest BCUT2D eigenvalue weighted by Gasteiger charge is -2.29. The molecule has 2 aliphatic heterocycles. The Labute approximate surface area is 178 Å². The predicted molar refractivity (Wildman–Crippen MR) is 114 cm³/mol. The summed E-state index contributed by atoms with van der Waals surface area (Å²) in [6.07, 6.45) is 2.96. The largest absolute Gasteiger partial charge is 0.366 e. The standard InChI is InChI=1S/C22H20ClN3O4/c1-14-17(23)6-5-7-18(14)25-21(27)19(15-8-10-16(11-9-15)26(29)30)20(22(25)28)24-12-3-2-4-13-24/h5-11H,2-4,12-13H2,1H3. The lowest BCUT2D eigenvalue weighted by atomic mass is 10.0. The monoisotopic (exact) mass is 425 g/mol. The summed E-state index contributed by atoms with van der Waals surface area (Å²) in [5.41, 5.74) is 2.14. The molecule has 0 atom stereocenters. The molecule has 30 heavy (non-hydrogen) atoms. The fourth-order valence-electron chi connectivity index (χ4n) is 4.00. The van der Waals surface area contributed by atoms with Crippen LogP contribution in [0, 0.1) is 17.0 Å². The number of hydrogen-bond donors (Lipinski definition) is 0. The minimum absolute atomic E-state index is 0.0711. The first-order valence-electron chi connectivity index (χ1n) is 9.78. The summed E-state index contributed by atoms with van der Waals surface area (Å²) >= 11 is 6.24. The van der Waals surface area contributed by atoms with Gasteiger partial charge in [0.05, 0.1) is 16.2 Å². The third-order valence-electron chi connectivity index (χ3n) is 5.58. The Morgan fingerprint density at radius 1 is 0.967 bits per heavy atom. The van der Waals surface area contributed by atoms with E-state index in [1.54, 1.807) is 25.1 Å². The molecule has 8 heteroatoms. The molecule has 0 saturated carbocycles. The fourth-order valence-corrected chi connectivity index (χ4v) is 4.17. The quantitative estimate of drug-likeness (QED) is 0.413. The molecule has 1 saturated heterocycles. The fraction of sp³-hybridized carbons (Fsp3) is 0.273. The molecule has 0 unspecified atom stereocenters. The number of non-ortho nitro benzene ring substituents is 1. The van der Waals surface area contributed by atoms with E-state index in [2.05, 4.69) is 0 Å². The van der Waals surface area contributed by atoms with E-state index in [0.717, 1.165) is 19.3 Å². The number of hydrogen-bond acceptors (Lipinski definition) is 5. The van der Waals surface area contributed by atoms with Gasteiger partial charge in [-0.05, 0) is 61.6 Å². The highest BCUT2D eigenvalue weighted by atomic mass is 35.5. The van der Waals surface area contributed by atoms with Gasteiger partial charge in [0.25, 0.3) is 17.5 Å². The van der Waals surface area contributed by atoms with Crippen molar-refractivity contribution >= 4 is 40.4 Å². The number of nitrogens with zero attached hydrogens (tertiary/aromatic N) is 3. The van der Waals surface area contributed by atoms with Crippen molar-refractivity contribution in [2.24, 2.45) is 0 Å². The highest BCUT2D eigenvalue weighted by Crippen LogP contribution is 2.38. The van der Waals surface area contributed by atoms with E-state index in [-0.39, 0.29) is 17.2 Å². The van der Waals surface area contributed by atoms with Gasteiger partial charge in [-0.1, -0.05) is 17.7 Å². The van der Waals surface area contributed by atoms with Crippen LogP contribution in [0.15, 0.2) is 48.2 Å². The molecule has 154 valence electrons. The molecule has 2 amide bonds. The normalized spacial score (nSPS) is 17.1. The molecular weight excluding hydrogens is 406 g/mol. The summed E-state index contributed by atoms with van der Waals surface area (Å²) in [4.78, 5) is 40.6. The van der Waals surface area contributed by atoms with Crippen molar-refractivity contribution in [3.8, 4) is 0 Å². The van der Waals surface area contributed by atoms with E-state index in [0.29, 0.717) is 40.6 Å². The molecule has 1 fully saturated rings. The third kappa shape index (κ3) is 3.35. The van der Waals surface area contributed by atoms with E-state index in [4.69, 9.17) is 11.6 Å². The molecule has 4 rings (SSSR count). The number of anilines is 1. The van der Waals surface area contributed by atoms with Gasteiger partial charge in [0.15, 0.2) is 0 Å². The number of nitro benzene ring substituents is 1. The Kier molecular flexibility index (Phi) is 5.30. The van der Waals surface area contributed by atoms with Crippen molar-refractivity contribution in [3.05, 3.63) is 74.4 Å². The van der Waals surface area contributed by atoms with E-state index in [9.17, 15) is 19.7 Å². The van der Waals surface area contributed by atoms with Crippen LogP contribution in [0.2, 0.25) is 5.02 Å². The maximum Gasteiger partial charge on any atom is 0.282 e. The van der Waals surface area contributed by atoms with E-state index in [1.807, 2.05) is 4.90 Å². The van der Waals surface area contributed by atoms with E-state index >= 15 is 0 Å². The van der Waals surface area contributed by atoms with Crippen LogP contribution in [0.25, 0.3) is 5.57 Å². The molecule has 2 aromatic carbocycles. The maximum atomic E-state index is 13.5. The number of piperidine rings is 1. The minimum Gasteiger partial charge on any atom is -0.366 e. The molecule has 2 aromatic rings. The Balaban J connectivity index is 1.84. The van der Waals surface area contributed by atoms with Crippen molar-refractivity contribution < 1.29 is 14.5 Å². The number of carbonyl (C=O) groups is 2. The average molecular weight is 426 g/mol. The number of imide groups is 1. The second-order valence-electron chi connectivity index (χ2n) is 7.40. The maximum absolute atomic E-state index is 13.5. The number of rotatable bonds is 4.